The minimum absolute atomic E-state index is 0.0120. The zero-order valence-corrected chi connectivity index (χ0v) is 22.3. The zero-order chi connectivity index (χ0) is 26.5. The number of ketones is 1. The first-order valence-corrected chi connectivity index (χ1v) is 13.3. The molecule has 37 heavy (non-hydrogen) atoms. The van der Waals surface area contributed by atoms with Crippen LogP contribution >= 0.6 is 35.0 Å². The Hall–Kier alpha value is -3.14. The van der Waals surface area contributed by atoms with Crippen molar-refractivity contribution in [2.45, 2.75) is 43.5 Å². The molecule has 2 aromatic carbocycles. The highest BCUT2D eigenvalue weighted by Crippen LogP contribution is 2.49. The third kappa shape index (κ3) is 4.91. The van der Waals surface area contributed by atoms with Crippen LogP contribution in [0.1, 0.15) is 49.3 Å². The Morgan fingerprint density at radius 3 is 2.57 bits per heavy atom. The quantitative estimate of drug-likeness (QED) is 0.160. The van der Waals surface area contributed by atoms with E-state index in [0.717, 1.165) is 11.3 Å². The number of nitrogens with zero attached hydrogens (tertiary/aromatic N) is 2. The average molecular weight is 557 g/mol. The van der Waals surface area contributed by atoms with Crippen molar-refractivity contribution in [1.29, 1.82) is 0 Å². The highest BCUT2D eigenvalue weighted by molar-refractivity contribution is 7.98. The summed E-state index contributed by atoms with van der Waals surface area (Å²) in [5, 5.41) is 15.2. The number of benzene rings is 2. The summed E-state index contributed by atoms with van der Waals surface area (Å²) >= 11 is 14.2. The van der Waals surface area contributed by atoms with Crippen LogP contribution in [0.5, 0.6) is 0 Å². The summed E-state index contributed by atoms with van der Waals surface area (Å²) < 4.78 is 0. The van der Waals surface area contributed by atoms with Crippen molar-refractivity contribution in [1.82, 2.24) is 9.97 Å². The fraction of sp³-hybridized carbons (Fsp3) is 0.269. The van der Waals surface area contributed by atoms with E-state index in [4.69, 9.17) is 28.2 Å². The van der Waals surface area contributed by atoms with E-state index in [2.05, 4.69) is 10.3 Å². The standard InChI is InChI=1S/C26H22Cl2N4O4S/c1-26(2)10-17-20(18(33)11-26)19(15-4-3-5-16(27)22(15)28)21-23(29-17)30-25(31-24(21)34)37-12-13-6-8-14(9-7-13)32(35)36/h3-9,19H,10-12H2,1-2H3,(H2,29,30,31,34). The number of anilines is 1. The number of halogens is 2. The number of allylic oxidation sites excluding steroid dienone is 2. The third-order valence-corrected chi connectivity index (χ3v) is 8.29. The van der Waals surface area contributed by atoms with Gasteiger partial charge in [0.05, 0.1) is 20.5 Å². The lowest BCUT2D eigenvalue weighted by atomic mass is 9.69. The van der Waals surface area contributed by atoms with Crippen molar-refractivity contribution in [3.05, 3.63) is 101 Å². The molecule has 1 unspecified atom stereocenters. The largest absolute Gasteiger partial charge is 0.343 e. The summed E-state index contributed by atoms with van der Waals surface area (Å²) in [6.07, 6.45) is 0.966. The first-order valence-electron chi connectivity index (χ1n) is 11.5. The van der Waals surface area contributed by atoms with Crippen LogP contribution in [-0.2, 0) is 10.5 Å². The van der Waals surface area contributed by atoms with E-state index in [0.29, 0.717) is 56.3 Å². The molecule has 1 atom stereocenters. The number of nitrogens with one attached hydrogen (secondary N) is 2. The number of H-pyrrole nitrogens is 1. The topological polar surface area (TPSA) is 118 Å². The van der Waals surface area contributed by atoms with Crippen molar-refractivity contribution in [2.75, 3.05) is 5.32 Å². The fourth-order valence-electron chi connectivity index (χ4n) is 4.88. The van der Waals surface area contributed by atoms with Gasteiger partial charge in [-0.05, 0) is 29.0 Å². The first-order chi connectivity index (χ1) is 17.5. The van der Waals surface area contributed by atoms with Gasteiger partial charge in [-0.3, -0.25) is 19.7 Å². The van der Waals surface area contributed by atoms with E-state index in [-0.39, 0.29) is 22.4 Å². The van der Waals surface area contributed by atoms with Crippen molar-refractivity contribution in [3.8, 4) is 0 Å². The number of carbonyl (C=O) groups is 1. The Balaban J connectivity index is 1.56. The van der Waals surface area contributed by atoms with Gasteiger partial charge in [-0.15, -0.1) is 0 Å². The first kappa shape index (κ1) is 25.5. The second-order valence-corrected chi connectivity index (χ2v) is 11.6. The summed E-state index contributed by atoms with van der Waals surface area (Å²) in [6.45, 7) is 4.06. The van der Waals surface area contributed by atoms with Gasteiger partial charge < -0.3 is 10.3 Å². The van der Waals surface area contributed by atoms with E-state index in [1.54, 1.807) is 30.3 Å². The molecule has 0 fully saturated rings. The van der Waals surface area contributed by atoms with Crippen LogP contribution in [-0.4, -0.2) is 20.7 Å². The predicted molar refractivity (Wildman–Crippen MR) is 144 cm³/mol. The van der Waals surface area contributed by atoms with E-state index in [1.165, 1.54) is 23.9 Å². The molecule has 0 bridgehead atoms. The van der Waals surface area contributed by atoms with Crippen molar-refractivity contribution in [3.63, 3.8) is 0 Å². The number of aromatic amines is 1. The number of nitro benzene ring substituents is 1. The minimum atomic E-state index is -0.703. The van der Waals surface area contributed by atoms with Crippen LogP contribution in [0.2, 0.25) is 10.0 Å². The van der Waals surface area contributed by atoms with Crippen LogP contribution in [0, 0.1) is 15.5 Å². The number of carbonyl (C=O) groups excluding carboxylic acids is 1. The molecule has 3 aromatic rings. The lowest BCUT2D eigenvalue weighted by Gasteiger charge is -2.38. The molecule has 1 aliphatic heterocycles. The molecule has 8 nitrogen and oxygen atoms in total. The molecular formula is C26H22Cl2N4O4S. The zero-order valence-electron chi connectivity index (χ0n) is 19.9. The Bertz CT molecular complexity index is 1530. The van der Waals surface area contributed by atoms with Gasteiger partial charge in [0.1, 0.15) is 5.82 Å². The summed E-state index contributed by atoms with van der Waals surface area (Å²) in [4.78, 5) is 44.8. The number of Topliss-reactive ketones (excluding diaryl/α,β-unsaturated/α-hetero) is 1. The van der Waals surface area contributed by atoms with E-state index in [1.807, 2.05) is 13.8 Å². The molecule has 2 aliphatic rings. The number of non-ortho nitro benzene ring substituents is 1. The van der Waals surface area contributed by atoms with Gasteiger partial charge >= 0.3 is 0 Å². The summed E-state index contributed by atoms with van der Waals surface area (Å²) in [5.74, 6) is 0.0793. The van der Waals surface area contributed by atoms with Gasteiger partial charge in [-0.25, -0.2) is 4.98 Å². The molecule has 1 aliphatic carbocycles. The highest BCUT2D eigenvalue weighted by atomic mass is 35.5. The number of hydrogen-bond acceptors (Lipinski definition) is 7. The number of nitro groups is 1. The molecule has 0 saturated heterocycles. The molecule has 1 aromatic heterocycles. The van der Waals surface area contributed by atoms with E-state index < -0.39 is 10.8 Å². The summed E-state index contributed by atoms with van der Waals surface area (Å²) in [5.41, 5.74) is 2.38. The highest BCUT2D eigenvalue weighted by Gasteiger charge is 2.43. The lowest BCUT2D eigenvalue weighted by molar-refractivity contribution is -0.384. The predicted octanol–water partition coefficient (Wildman–Crippen LogP) is 6.48. The Labute approximate surface area is 226 Å². The fourth-order valence-corrected chi connectivity index (χ4v) is 6.12. The molecule has 0 amide bonds. The molecule has 5 rings (SSSR count). The van der Waals surface area contributed by atoms with Gasteiger partial charge in [0.25, 0.3) is 11.2 Å². The van der Waals surface area contributed by atoms with Crippen LogP contribution in [0.3, 0.4) is 0 Å². The van der Waals surface area contributed by atoms with E-state index >= 15 is 0 Å². The lowest BCUT2D eigenvalue weighted by Crippen LogP contribution is -2.37. The molecule has 0 radical (unpaired) electrons. The molecule has 0 saturated carbocycles. The third-order valence-electron chi connectivity index (χ3n) is 6.52. The average Bonchev–Trinajstić information content (AvgIpc) is 2.82. The van der Waals surface area contributed by atoms with Crippen LogP contribution in [0.25, 0.3) is 0 Å². The number of thioether (sulfide) groups is 1. The summed E-state index contributed by atoms with van der Waals surface area (Å²) in [7, 11) is 0. The number of hydrogen-bond donors (Lipinski definition) is 2. The number of fused-ring (bicyclic) bond motifs is 1. The normalized spacial score (nSPS) is 18.2. The molecule has 190 valence electrons. The minimum Gasteiger partial charge on any atom is -0.343 e. The molecular weight excluding hydrogens is 535 g/mol. The van der Waals surface area contributed by atoms with Crippen molar-refractivity contribution < 1.29 is 9.72 Å². The second-order valence-electron chi connectivity index (χ2n) is 9.88. The molecule has 2 heterocycles. The van der Waals surface area contributed by atoms with Crippen molar-refractivity contribution >= 4 is 52.3 Å². The molecule has 0 spiro atoms. The smallest absolute Gasteiger partial charge is 0.269 e. The Morgan fingerprint density at radius 1 is 1.14 bits per heavy atom. The Morgan fingerprint density at radius 2 is 1.86 bits per heavy atom. The monoisotopic (exact) mass is 556 g/mol. The number of aromatic nitrogens is 2. The van der Waals surface area contributed by atoms with Crippen LogP contribution in [0.15, 0.2) is 63.7 Å². The van der Waals surface area contributed by atoms with Gasteiger partial charge in [0.2, 0.25) is 0 Å². The maximum absolute atomic E-state index is 13.5. The van der Waals surface area contributed by atoms with Crippen LogP contribution < -0.4 is 10.9 Å². The second kappa shape index (κ2) is 9.63. The summed E-state index contributed by atoms with van der Waals surface area (Å²) in [6, 6.07) is 11.4. The number of rotatable bonds is 5. The van der Waals surface area contributed by atoms with Gasteiger partial charge in [0, 0.05) is 41.5 Å². The SMILES string of the molecule is CC1(C)CC(=O)C2=C(C1)Nc1nc(SCc3ccc([N+](=O)[O-])cc3)[nH]c(=O)c1C2c1cccc(Cl)c1Cl. The van der Waals surface area contributed by atoms with E-state index in [9.17, 15) is 19.7 Å². The van der Waals surface area contributed by atoms with Gasteiger partial charge in [-0.2, -0.15) is 0 Å². The van der Waals surface area contributed by atoms with Crippen LogP contribution in [0.4, 0.5) is 11.5 Å². The maximum Gasteiger partial charge on any atom is 0.269 e. The van der Waals surface area contributed by atoms with Crippen molar-refractivity contribution in [2.24, 2.45) is 5.41 Å². The van der Waals surface area contributed by atoms with Gasteiger partial charge in [0.15, 0.2) is 10.9 Å². The maximum atomic E-state index is 13.5. The molecule has 11 heteroatoms. The van der Waals surface area contributed by atoms with Gasteiger partial charge in [-0.1, -0.05) is 73.1 Å². The Kier molecular flexibility index (Phi) is 6.64. The molecule has 2 N–H and O–H groups in total.